The Morgan fingerprint density at radius 3 is 0.845 bits per heavy atom. The average molecular weight is 1170 g/mol. The predicted molar refractivity (Wildman–Crippen MR) is 313 cm³/mol. The third kappa shape index (κ3) is 12.2. The molecule has 6 aliphatic rings. The lowest BCUT2D eigenvalue weighted by Gasteiger charge is -2.50. The standard InChI is InChI=1S/3C24H27F3O/c3*1-17-10-11-21-19(14-17)8-5-9-20-16-23(28,24(25,26)27)13-12-22(20,21)15-18-6-3-2-4-7-18/h3*2-4,6-7,10-11,14,20,28H,5,8-9,12-13,15-16H2,1H3/t3*20-,22+,23-/m110/s1. The Morgan fingerprint density at radius 1 is 0.357 bits per heavy atom. The molecule has 0 heterocycles. The van der Waals surface area contributed by atoms with Crippen LogP contribution in [0.2, 0.25) is 0 Å². The van der Waals surface area contributed by atoms with Crippen molar-refractivity contribution < 1.29 is 54.8 Å². The molecule has 0 aromatic heterocycles. The van der Waals surface area contributed by atoms with Crippen molar-refractivity contribution in [3.8, 4) is 0 Å². The molecule has 3 fully saturated rings. The number of alkyl halides is 9. The van der Waals surface area contributed by atoms with Gasteiger partial charge in [0.05, 0.1) is 0 Å². The third-order valence-corrected chi connectivity index (χ3v) is 21.1. The minimum Gasteiger partial charge on any atom is -0.380 e. The zero-order valence-corrected chi connectivity index (χ0v) is 48.7. The molecule has 3 nitrogen and oxygen atoms in total. The molecule has 0 aliphatic heterocycles. The summed E-state index contributed by atoms with van der Waals surface area (Å²) < 4.78 is 123. The van der Waals surface area contributed by atoms with Crippen LogP contribution in [-0.2, 0) is 54.8 Å². The van der Waals surface area contributed by atoms with Crippen molar-refractivity contribution in [3.63, 3.8) is 0 Å². The van der Waals surface area contributed by atoms with Crippen molar-refractivity contribution >= 4 is 0 Å². The van der Waals surface area contributed by atoms with E-state index in [9.17, 15) is 54.8 Å². The topological polar surface area (TPSA) is 60.7 Å². The summed E-state index contributed by atoms with van der Waals surface area (Å²) >= 11 is 0. The quantitative estimate of drug-likeness (QED) is 0.146. The van der Waals surface area contributed by atoms with Crippen molar-refractivity contribution in [1.82, 2.24) is 0 Å². The number of aliphatic hydroxyl groups is 3. The summed E-state index contributed by atoms with van der Waals surface area (Å²) in [6.45, 7) is 6.20. The number of hydrogen-bond acceptors (Lipinski definition) is 3. The van der Waals surface area contributed by atoms with E-state index in [1.807, 2.05) is 54.6 Å². The number of rotatable bonds is 6. The van der Waals surface area contributed by atoms with Crippen LogP contribution in [0.1, 0.15) is 163 Å². The molecule has 0 saturated heterocycles. The van der Waals surface area contributed by atoms with E-state index in [2.05, 4.69) is 112 Å². The molecule has 3 N–H and O–H groups in total. The van der Waals surface area contributed by atoms with Gasteiger partial charge >= 0.3 is 18.5 Å². The van der Waals surface area contributed by atoms with E-state index in [4.69, 9.17) is 0 Å². The number of hydrogen-bond donors (Lipinski definition) is 3. The minimum absolute atomic E-state index is 0.183. The fourth-order valence-corrected chi connectivity index (χ4v) is 16.7. The molecule has 12 heteroatoms. The SMILES string of the molecule is Cc1ccc2c(c1)CCC[C@@H]1C[C@@](O)(C(F)(F)F)CC[C@@]21Cc1ccccc1.Cc1ccc2c(c1)CCC[C@@H]1C[C@@](O)(C(F)(F)F)CC[C@@]21Cc1ccccc1.Cc1ccc2c(c1)CCC[C@H]1C[C@](O)(C(F)(F)F)CC[C@]21Cc1ccccc1. The first-order valence-electron chi connectivity index (χ1n) is 30.5. The molecule has 12 rings (SSSR count). The molecule has 6 aromatic rings. The summed E-state index contributed by atoms with van der Waals surface area (Å²) in [4.78, 5) is 0. The van der Waals surface area contributed by atoms with Gasteiger partial charge in [-0.3, -0.25) is 0 Å². The summed E-state index contributed by atoms with van der Waals surface area (Å²) in [5, 5.41) is 31.5. The van der Waals surface area contributed by atoms with E-state index >= 15 is 0 Å². The minimum atomic E-state index is -4.58. The lowest BCUT2D eigenvalue weighted by atomic mass is 9.56. The largest absolute Gasteiger partial charge is 0.417 e. The second-order valence-corrected chi connectivity index (χ2v) is 26.4. The van der Waals surface area contributed by atoms with E-state index in [1.54, 1.807) is 0 Å². The van der Waals surface area contributed by atoms with Gasteiger partial charge in [0.1, 0.15) is 0 Å². The second kappa shape index (κ2) is 23.7. The highest BCUT2D eigenvalue weighted by atomic mass is 19.4. The zero-order chi connectivity index (χ0) is 60.0. The molecule has 0 spiro atoms. The van der Waals surface area contributed by atoms with E-state index in [-0.39, 0.29) is 72.5 Å². The Kier molecular flexibility index (Phi) is 17.4. The number of aryl methyl sites for hydroxylation is 6. The lowest BCUT2D eigenvalue weighted by Crippen LogP contribution is -2.55. The Bertz CT molecular complexity index is 2870. The number of fused-ring (bicyclic) bond motifs is 9. The van der Waals surface area contributed by atoms with E-state index in [1.165, 1.54) is 50.1 Å². The average Bonchev–Trinajstić information content (AvgIpc) is 1.62. The Labute approximate surface area is 490 Å². The molecule has 9 atom stereocenters. The summed E-state index contributed by atoms with van der Waals surface area (Å²) in [6, 6.07) is 49.5. The first-order chi connectivity index (χ1) is 39.7. The molecular weight excluding hydrogens is 1080 g/mol. The molecule has 0 bridgehead atoms. The Balaban J connectivity index is 0.000000140. The molecule has 6 aromatic carbocycles. The molecule has 0 unspecified atom stereocenters. The van der Waals surface area contributed by atoms with Gasteiger partial charge in [-0.25, -0.2) is 0 Å². The predicted octanol–water partition coefficient (Wildman–Crippen LogP) is 17.7. The summed E-state index contributed by atoms with van der Waals surface area (Å²) in [5.74, 6) is -0.550. The maximum Gasteiger partial charge on any atom is 0.417 e. The smallest absolute Gasteiger partial charge is 0.380 e. The monoisotopic (exact) mass is 1160 g/mol. The zero-order valence-electron chi connectivity index (χ0n) is 48.7. The van der Waals surface area contributed by atoms with Gasteiger partial charge in [0, 0.05) is 16.2 Å². The number of benzene rings is 6. The van der Waals surface area contributed by atoms with Gasteiger partial charge in [-0.15, -0.1) is 0 Å². The van der Waals surface area contributed by atoms with Crippen molar-refractivity contribution in [2.45, 2.75) is 207 Å². The first-order valence-corrected chi connectivity index (χ1v) is 30.5. The highest BCUT2D eigenvalue weighted by molar-refractivity contribution is 5.45. The highest BCUT2D eigenvalue weighted by Gasteiger charge is 2.64. The van der Waals surface area contributed by atoms with Gasteiger partial charge in [-0.2, -0.15) is 39.5 Å². The van der Waals surface area contributed by atoms with Crippen LogP contribution >= 0.6 is 0 Å². The molecule has 84 heavy (non-hydrogen) atoms. The lowest BCUT2D eigenvalue weighted by molar-refractivity contribution is -0.279. The van der Waals surface area contributed by atoms with Gasteiger partial charge in [0.25, 0.3) is 0 Å². The van der Waals surface area contributed by atoms with Crippen molar-refractivity contribution in [1.29, 1.82) is 0 Å². The van der Waals surface area contributed by atoms with E-state index in [0.29, 0.717) is 19.3 Å². The number of halogens is 9. The fourth-order valence-electron chi connectivity index (χ4n) is 16.7. The van der Waals surface area contributed by atoms with Gasteiger partial charge < -0.3 is 15.3 Å². The van der Waals surface area contributed by atoms with Gasteiger partial charge in [0.15, 0.2) is 16.8 Å². The first kappa shape index (κ1) is 61.7. The third-order valence-electron chi connectivity index (χ3n) is 21.1. The molecule has 450 valence electrons. The van der Waals surface area contributed by atoms with Crippen molar-refractivity contribution in [2.24, 2.45) is 17.8 Å². The normalized spacial score (nSPS) is 30.2. The fraction of sp³-hybridized carbons (Fsp3) is 0.500. The molecule has 0 amide bonds. The van der Waals surface area contributed by atoms with Crippen LogP contribution in [0.4, 0.5) is 39.5 Å². The highest BCUT2D eigenvalue weighted by Crippen LogP contribution is 2.60. The molecular formula is C72H81F9O3. The molecule has 3 saturated carbocycles. The maximum absolute atomic E-state index is 13.6. The summed E-state index contributed by atoms with van der Waals surface area (Å²) in [6.07, 6.45) is -4.30. The van der Waals surface area contributed by atoms with Crippen LogP contribution < -0.4 is 0 Å². The molecule has 0 radical (unpaired) electrons. The Morgan fingerprint density at radius 2 is 0.607 bits per heavy atom. The second-order valence-electron chi connectivity index (χ2n) is 26.4. The van der Waals surface area contributed by atoms with Gasteiger partial charge in [-0.1, -0.05) is 162 Å². The summed E-state index contributed by atoms with van der Waals surface area (Å²) in [7, 11) is 0. The van der Waals surface area contributed by atoms with Crippen LogP contribution in [0.3, 0.4) is 0 Å². The van der Waals surface area contributed by atoms with Crippen LogP contribution in [0, 0.1) is 38.5 Å². The van der Waals surface area contributed by atoms with E-state index < -0.39 is 35.3 Å². The van der Waals surface area contributed by atoms with Crippen molar-refractivity contribution in [2.75, 3.05) is 0 Å². The van der Waals surface area contributed by atoms with Crippen LogP contribution in [-0.4, -0.2) is 50.7 Å². The maximum atomic E-state index is 13.6. The van der Waals surface area contributed by atoms with Gasteiger partial charge in [0.2, 0.25) is 0 Å². The van der Waals surface area contributed by atoms with Crippen molar-refractivity contribution in [3.05, 3.63) is 212 Å². The van der Waals surface area contributed by atoms with Crippen LogP contribution in [0.5, 0.6) is 0 Å². The van der Waals surface area contributed by atoms with Crippen LogP contribution in [0.15, 0.2) is 146 Å². The molecule has 6 aliphatic carbocycles. The van der Waals surface area contributed by atoms with E-state index in [0.717, 1.165) is 93.7 Å². The summed E-state index contributed by atoms with van der Waals surface area (Å²) in [5.41, 5.74) is 5.72. The van der Waals surface area contributed by atoms with Gasteiger partial charge in [-0.05, 0) is 223 Å². The van der Waals surface area contributed by atoms with Crippen LogP contribution in [0.25, 0.3) is 0 Å². The Hall–Kier alpha value is -5.43.